The van der Waals surface area contributed by atoms with Crippen LogP contribution in [0.2, 0.25) is 0 Å². The van der Waals surface area contributed by atoms with Crippen molar-refractivity contribution in [3.05, 3.63) is 25.9 Å². The second kappa shape index (κ2) is 3.62. The first-order valence-electron chi connectivity index (χ1n) is 3.80. The van der Waals surface area contributed by atoms with Crippen molar-refractivity contribution < 1.29 is 13.2 Å². The summed E-state index contributed by atoms with van der Waals surface area (Å²) in [6.07, 6.45) is -4.38. The lowest BCUT2D eigenvalue weighted by Gasteiger charge is -2.07. The highest BCUT2D eigenvalue weighted by Gasteiger charge is 2.34. The lowest BCUT2D eigenvalue weighted by Crippen LogP contribution is -2.05. The summed E-state index contributed by atoms with van der Waals surface area (Å²) >= 11 is 4.93. The van der Waals surface area contributed by atoms with Crippen LogP contribution in [0.4, 0.5) is 13.2 Å². The van der Waals surface area contributed by atoms with Crippen molar-refractivity contribution in [2.24, 2.45) is 0 Å². The van der Waals surface area contributed by atoms with Crippen molar-refractivity contribution in [3.63, 3.8) is 0 Å². The Bertz CT molecular complexity index is 520. The Kier molecular flexibility index (Phi) is 2.70. The Morgan fingerprint density at radius 3 is 2.60 bits per heavy atom. The summed E-state index contributed by atoms with van der Waals surface area (Å²) in [6, 6.07) is 2.65. The molecule has 0 aliphatic rings. The molecule has 0 unspecified atom stereocenters. The van der Waals surface area contributed by atoms with E-state index >= 15 is 0 Å². The monoisotopic (exact) mass is 390 g/mol. The quantitative estimate of drug-likeness (QED) is 0.678. The summed E-state index contributed by atoms with van der Waals surface area (Å²) in [6.45, 7) is 0. The number of benzene rings is 1. The maximum absolute atomic E-state index is 12.6. The topological polar surface area (TPSA) is 28.7 Å². The molecule has 1 aromatic carbocycles. The van der Waals surface area contributed by atoms with Gasteiger partial charge in [0, 0.05) is 9.86 Å². The van der Waals surface area contributed by atoms with Crippen LogP contribution >= 0.6 is 38.5 Å². The van der Waals surface area contributed by atoms with E-state index in [1.165, 1.54) is 0 Å². The van der Waals surface area contributed by atoms with Crippen molar-refractivity contribution >= 4 is 49.4 Å². The third-order valence-electron chi connectivity index (χ3n) is 1.90. The van der Waals surface area contributed by atoms with E-state index in [1.807, 2.05) is 22.6 Å². The molecule has 0 radical (unpaired) electrons. The molecular formula is C8H3BrF3IN2. The molecule has 0 amide bonds. The number of hydrogen-bond donors (Lipinski definition) is 1. The zero-order valence-corrected chi connectivity index (χ0v) is 10.7. The molecule has 0 aliphatic carbocycles. The first-order valence-corrected chi connectivity index (χ1v) is 5.67. The van der Waals surface area contributed by atoms with Gasteiger partial charge in [-0.25, -0.2) is 0 Å². The molecule has 0 spiro atoms. The average Bonchev–Trinajstić information content (AvgIpc) is 2.45. The molecule has 0 aliphatic heterocycles. The van der Waals surface area contributed by atoms with Crippen LogP contribution in [-0.4, -0.2) is 10.2 Å². The first kappa shape index (κ1) is 11.2. The molecule has 1 N–H and O–H groups in total. The second-order valence-electron chi connectivity index (χ2n) is 2.89. The number of rotatable bonds is 0. The Morgan fingerprint density at radius 2 is 2.00 bits per heavy atom. The molecule has 80 valence electrons. The highest BCUT2D eigenvalue weighted by molar-refractivity contribution is 14.1. The summed E-state index contributed by atoms with van der Waals surface area (Å²) in [5.41, 5.74) is -0.683. The van der Waals surface area contributed by atoms with Crippen LogP contribution in [0.1, 0.15) is 5.56 Å². The molecule has 0 fully saturated rings. The number of nitrogens with one attached hydrogen (secondary N) is 1. The molecule has 0 bridgehead atoms. The third-order valence-corrected chi connectivity index (χ3v) is 3.18. The van der Waals surface area contributed by atoms with Crippen LogP contribution in [0.15, 0.2) is 16.6 Å². The van der Waals surface area contributed by atoms with Gasteiger partial charge in [0.2, 0.25) is 0 Å². The maximum atomic E-state index is 12.6. The highest BCUT2D eigenvalue weighted by Crippen LogP contribution is 2.37. The zero-order chi connectivity index (χ0) is 11.2. The fourth-order valence-corrected chi connectivity index (χ4v) is 2.28. The molecule has 1 heterocycles. The second-order valence-corrected chi connectivity index (χ2v) is 4.83. The number of aromatic amines is 1. The van der Waals surface area contributed by atoms with Gasteiger partial charge in [-0.15, -0.1) is 0 Å². The Morgan fingerprint density at radius 1 is 1.33 bits per heavy atom. The fraction of sp³-hybridized carbons (Fsp3) is 0.125. The molecule has 2 aromatic rings. The van der Waals surface area contributed by atoms with E-state index in [1.54, 1.807) is 6.07 Å². The summed E-state index contributed by atoms with van der Waals surface area (Å²) in [5.74, 6) is 0. The van der Waals surface area contributed by atoms with Crippen molar-refractivity contribution in [1.82, 2.24) is 10.2 Å². The fourth-order valence-electron chi connectivity index (χ4n) is 1.28. The summed E-state index contributed by atoms with van der Waals surface area (Å²) < 4.78 is 38.8. The van der Waals surface area contributed by atoms with Crippen LogP contribution < -0.4 is 0 Å². The molecular weight excluding hydrogens is 388 g/mol. The standard InChI is InChI=1S/C8H3BrF3IN2/c9-3-1-4-6(14-15-7(4)13)5(2-3)8(10,11)12/h1-2H,(H,14,15). The van der Waals surface area contributed by atoms with Gasteiger partial charge in [0.05, 0.1) is 11.1 Å². The summed E-state index contributed by atoms with van der Waals surface area (Å²) in [5, 5.41) is 6.61. The normalized spacial score (nSPS) is 12.3. The number of H-pyrrole nitrogens is 1. The van der Waals surface area contributed by atoms with E-state index in [0.717, 1.165) is 6.07 Å². The van der Waals surface area contributed by atoms with Gasteiger partial charge < -0.3 is 0 Å². The SMILES string of the molecule is FC(F)(F)c1cc(Br)cc2c(I)n[nH]c12. The molecule has 0 atom stereocenters. The van der Waals surface area contributed by atoms with Gasteiger partial charge in [0.1, 0.15) is 3.70 Å². The largest absolute Gasteiger partial charge is 0.418 e. The minimum absolute atomic E-state index is 0.0232. The molecule has 2 rings (SSSR count). The minimum Gasteiger partial charge on any atom is -0.276 e. The number of nitrogens with zero attached hydrogens (tertiary/aromatic N) is 1. The van der Waals surface area contributed by atoms with Gasteiger partial charge in [-0.3, -0.25) is 5.10 Å². The number of alkyl halides is 3. The molecule has 0 saturated heterocycles. The molecule has 15 heavy (non-hydrogen) atoms. The van der Waals surface area contributed by atoms with Crippen LogP contribution in [0.3, 0.4) is 0 Å². The smallest absolute Gasteiger partial charge is 0.276 e. The predicted octanol–water partition coefficient (Wildman–Crippen LogP) is 3.95. The lowest BCUT2D eigenvalue weighted by molar-refractivity contribution is -0.136. The van der Waals surface area contributed by atoms with Crippen LogP contribution in [0.5, 0.6) is 0 Å². The van der Waals surface area contributed by atoms with Crippen molar-refractivity contribution in [1.29, 1.82) is 0 Å². The van der Waals surface area contributed by atoms with Gasteiger partial charge >= 0.3 is 6.18 Å². The first-order chi connectivity index (χ1) is 6.89. The van der Waals surface area contributed by atoms with Crippen LogP contribution in [-0.2, 0) is 6.18 Å². The number of aromatic nitrogens is 2. The molecule has 1 aromatic heterocycles. The van der Waals surface area contributed by atoms with Gasteiger partial charge in [0.15, 0.2) is 0 Å². The molecule has 0 saturated carbocycles. The number of hydrogen-bond acceptors (Lipinski definition) is 1. The van der Waals surface area contributed by atoms with E-state index in [-0.39, 0.29) is 5.52 Å². The van der Waals surface area contributed by atoms with Crippen LogP contribution in [0.25, 0.3) is 10.9 Å². The average molecular weight is 391 g/mol. The van der Waals surface area contributed by atoms with E-state index in [2.05, 4.69) is 26.1 Å². The van der Waals surface area contributed by atoms with E-state index in [0.29, 0.717) is 13.6 Å². The van der Waals surface area contributed by atoms with Crippen molar-refractivity contribution in [2.75, 3.05) is 0 Å². The lowest BCUT2D eigenvalue weighted by atomic mass is 10.1. The Labute approximate surface area is 105 Å². The zero-order valence-electron chi connectivity index (χ0n) is 6.99. The Hall–Kier alpha value is -0.310. The van der Waals surface area contributed by atoms with Gasteiger partial charge in [-0.2, -0.15) is 18.3 Å². The van der Waals surface area contributed by atoms with E-state index < -0.39 is 11.7 Å². The third kappa shape index (κ3) is 1.99. The van der Waals surface area contributed by atoms with Crippen LogP contribution in [0, 0.1) is 3.70 Å². The summed E-state index contributed by atoms with van der Waals surface area (Å²) in [7, 11) is 0. The number of halogens is 5. The van der Waals surface area contributed by atoms with Gasteiger partial charge in [-0.05, 0) is 34.7 Å². The molecule has 7 heteroatoms. The van der Waals surface area contributed by atoms with Gasteiger partial charge in [-0.1, -0.05) is 15.9 Å². The highest BCUT2D eigenvalue weighted by atomic mass is 127. The molecule has 2 nitrogen and oxygen atoms in total. The van der Waals surface area contributed by atoms with E-state index in [9.17, 15) is 13.2 Å². The van der Waals surface area contributed by atoms with Gasteiger partial charge in [0.25, 0.3) is 0 Å². The van der Waals surface area contributed by atoms with E-state index in [4.69, 9.17) is 0 Å². The Balaban J connectivity index is 2.84. The number of fused-ring (bicyclic) bond motifs is 1. The van der Waals surface area contributed by atoms with Crippen molar-refractivity contribution in [2.45, 2.75) is 6.18 Å². The minimum atomic E-state index is -4.38. The van der Waals surface area contributed by atoms with Crippen molar-refractivity contribution in [3.8, 4) is 0 Å². The maximum Gasteiger partial charge on any atom is 0.418 e. The predicted molar refractivity (Wildman–Crippen MR) is 61.5 cm³/mol. The summed E-state index contributed by atoms with van der Waals surface area (Å²) in [4.78, 5) is 0.